The highest BCUT2D eigenvalue weighted by Crippen LogP contribution is 2.46. The van der Waals surface area contributed by atoms with Gasteiger partial charge in [-0.05, 0) is 111 Å². The molecule has 3 aliphatic rings. The molecule has 0 spiro atoms. The highest BCUT2D eigenvalue weighted by atomic mass is 19.4. The van der Waals surface area contributed by atoms with Crippen LogP contribution in [-0.4, -0.2) is 25.4 Å². The first-order valence-corrected chi connectivity index (χ1v) is 15.5. The second-order valence-corrected chi connectivity index (χ2v) is 12.0. The van der Waals surface area contributed by atoms with Gasteiger partial charge in [-0.25, -0.2) is 0 Å². The predicted octanol–water partition coefficient (Wildman–Crippen LogP) is 9.99. The predicted molar refractivity (Wildman–Crippen MR) is 160 cm³/mol. The van der Waals surface area contributed by atoms with Crippen LogP contribution in [0.4, 0.5) is 13.2 Å². The van der Waals surface area contributed by atoms with E-state index in [4.69, 9.17) is 9.47 Å². The Labute approximate surface area is 245 Å². The summed E-state index contributed by atoms with van der Waals surface area (Å²) in [5.41, 5.74) is 5.38. The smallest absolute Gasteiger partial charge is 0.391 e. The second kappa shape index (κ2) is 15.1. The van der Waals surface area contributed by atoms with Gasteiger partial charge in [-0.2, -0.15) is 13.2 Å². The van der Waals surface area contributed by atoms with Gasteiger partial charge in [0.25, 0.3) is 0 Å². The van der Waals surface area contributed by atoms with Crippen LogP contribution in [0.5, 0.6) is 0 Å². The Morgan fingerprint density at radius 1 is 1.15 bits per heavy atom. The summed E-state index contributed by atoms with van der Waals surface area (Å²) in [7, 11) is 0. The van der Waals surface area contributed by atoms with Crippen molar-refractivity contribution in [2.75, 3.05) is 13.2 Å². The lowest BCUT2D eigenvalue weighted by atomic mass is 9.82. The Morgan fingerprint density at radius 3 is 2.46 bits per heavy atom. The first kappa shape index (κ1) is 33.0. The van der Waals surface area contributed by atoms with Gasteiger partial charge >= 0.3 is 12.1 Å². The van der Waals surface area contributed by atoms with Crippen LogP contribution in [0.3, 0.4) is 0 Å². The highest BCUT2D eigenvalue weighted by molar-refractivity contribution is 5.77. The van der Waals surface area contributed by atoms with E-state index in [2.05, 4.69) is 64.7 Å². The van der Waals surface area contributed by atoms with Gasteiger partial charge in [0.05, 0.1) is 25.0 Å². The van der Waals surface area contributed by atoms with Crippen molar-refractivity contribution in [1.82, 2.24) is 0 Å². The van der Waals surface area contributed by atoms with E-state index in [9.17, 15) is 18.0 Å². The molecule has 2 saturated carbocycles. The summed E-state index contributed by atoms with van der Waals surface area (Å²) in [6.45, 7) is 15.6. The summed E-state index contributed by atoms with van der Waals surface area (Å²) in [5.74, 6) is 0.00456. The molecular formula is C35H49F3O3. The lowest BCUT2D eigenvalue weighted by molar-refractivity contribution is -0.184. The van der Waals surface area contributed by atoms with Gasteiger partial charge in [-0.15, -0.1) is 0 Å². The van der Waals surface area contributed by atoms with Gasteiger partial charge < -0.3 is 9.47 Å². The third-order valence-corrected chi connectivity index (χ3v) is 8.86. The molecule has 0 aromatic rings. The Balaban J connectivity index is 1.88. The van der Waals surface area contributed by atoms with Crippen LogP contribution >= 0.6 is 0 Å². The topological polar surface area (TPSA) is 35.5 Å². The molecule has 2 unspecified atom stereocenters. The summed E-state index contributed by atoms with van der Waals surface area (Å²) >= 11 is 0. The number of rotatable bonds is 12. The summed E-state index contributed by atoms with van der Waals surface area (Å²) in [6, 6.07) is 0. The summed E-state index contributed by atoms with van der Waals surface area (Å²) in [6.07, 6.45) is 12.6. The van der Waals surface area contributed by atoms with Gasteiger partial charge in [-0.3, -0.25) is 4.79 Å². The summed E-state index contributed by atoms with van der Waals surface area (Å²) < 4.78 is 51.2. The van der Waals surface area contributed by atoms with E-state index in [0.29, 0.717) is 32.0 Å². The Kier molecular flexibility index (Phi) is 12.2. The number of halogens is 3. The first-order chi connectivity index (χ1) is 19.5. The zero-order chi connectivity index (χ0) is 30.2. The number of esters is 1. The molecule has 0 saturated heterocycles. The molecule has 3 aliphatic carbocycles. The maximum atomic E-state index is 13.2. The maximum absolute atomic E-state index is 13.2. The molecule has 0 radical (unpaired) electrons. The van der Waals surface area contributed by atoms with Crippen molar-refractivity contribution in [1.29, 1.82) is 0 Å². The average molecular weight is 575 g/mol. The van der Waals surface area contributed by atoms with Crippen molar-refractivity contribution in [3.8, 4) is 0 Å². The number of hydrogen-bond donors (Lipinski definition) is 0. The third-order valence-electron chi connectivity index (χ3n) is 8.86. The molecule has 6 heteroatoms. The number of ether oxygens (including phenoxy) is 2. The molecule has 228 valence electrons. The number of hydrogen-bond acceptors (Lipinski definition) is 3. The van der Waals surface area contributed by atoms with E-state index >= 15 is 0 Å². The molecule has 3 nitrogen and oxygen atoms in total. The maximum Gasteiger partial charge on any atom is 0.391 e. The fourth-order valence-corrected chi connectivity index (χ4v) is 5.88. The van der Waals surface area contributed by atoms with Gasteiger partial charge in [0.2, 0.25) is 0 Å². The second-order valence-electron chi connectivity index (χ2n) is 12.0. The Morgan fingerprint density at radius 2 is 1.85 bits per heavy atom. The normalized spacial score (nSPS) is 29.6. The van der Waals surface area contributed by atoms with Crippen molar-refractivity contribution >= 4 is 5.97 Å². The molecule has 41 heavy (non-hydrogen) atoms. The van der Waals surface area contributed by atoms with Crippen molar-refractivity contribution in [2.45, 2.75) is 98.6 Å². The van der Waals surface area contributed by atoms with Gasteiger partial charge in [-0.1, -0.05) is 63.6 Å². The molecule has 3 rings (SSSR count). The van der Waals surface area contributed by atoms with Crippen molar-refractivity contribution in [2.24, 2.45) is 29.6 Å². The van der Waals surface area contributed by atoms with Crippen LogP contribution in [0.25, 0.3) is 0 Å². The number of allylic oxidation sites excluding steroid dienone is 10. The summed E-state index contributed by atoms with van der Waals surface area (Å²) in [5, 5.41) is 0. The Hall–Kier alpha value is -2.50. The van der Waals surface area contributed by atoms with Gasteiger partial charge in [0, 0.05) is 0 Å². The van der Waals surface area contributed by atoms with E-state index in [1.807, 2.05) is 6.92 Å². The molecule has 0 aromatic heterocycles. The average Bonchev–Trinajstić information content (AvgIpc) is 3.73. The number of alkyl halides is 3. The van der Waals surface area contributed by atoms with E-state index in [0.717, 1.165) is 60.2 Å². The lowest BCUT2D eigenvalue weighted by Crippen LogP contribution is -2.29. The van der Waals surface area contributed by atoms with Crippen LogP contribution < -0.4 is 0 Å². The molecule has 0 N–H and O–H groups in total. The molecule has 0 amide bonds. The molecule has 0 aromatic carbocycles. The van der Waals surface area contributed by atoms with Crippen LogP contribution in [0.15, 0.2) is 70.6 Å². The molecule has 0 bridgehead atoms. The zero-order valence-corrected chi connectivity index (χ0v) is 25.6. The van der Waals surface area contributed by atoms with Crippen LogP contribution in [0, 0.1) is 29.6 Å². The zero-order valence-electron chi connectivity index (χ0n) is 25.6. The SMILES string of the molecule is C=C(/C=C(C(\C)=C/C(C)CC)/C1=C/C(OCC2CCC(C(F)(F)F)CC2)=C(/CC)CCC=C1)C1C[C@H]1C(=O)OCC. The third kappa shape index (κ3) is 9.51. The monoisotopic (exact) mass is 574 g/mol. The fraction of sp³-hybridized carbons (Fsp3) is 0.629. The molecule has 3 atom stereocenters. The standard InChI is InChI=1S/C35H49F3O3/c1-7-23(4)18-24(5)30(19-25(6)31-21-32(31)34(39)40-9-3)28-13-11-10-12-27(8-2)33(20-28)41-22-26-14-16-29(17-15-26)35(36,37)38/h11,13,18-20,23,26,29,31-32H,6-10,12,14-17,21-22H2,1-5H3/b13-11?,24-18-,28-20+,30-19+,33-27+/t23?,26?,29?,31?,32-/m1/s1. The van der Waals surface area contributed by atoms with E-state index in [-0.39, 0.29) is 36.6 Å². The van der Waals surface area contributed by atoms with Gasteiger partial charge in [0.15, 0.2) is 0 Å². The lowest BCUT2D eigenvalue weighted by Gasteiger charge is -2.30. The van der Waals surface area contributed by atoms with E-state index < -0.39 is 12.1 Å². The number of carbonyl (C=O) groups is 1. The quantitative estimate of drug-likeness (QED) is 0.172. The highest BCUT2D eigenvalue weighted by Gasteiger charge is 2.45. The van der Waals surface area contributed by atoms with Crippen LogP contribution in [0.1, 0.15) is 92.4 Å². The van der Waals surface area contributed by atoms with Gasteiger partial charge in [0.1, 0.15) is 5.76 Å². The Bertz CT molecular complexity index is 1080. The summed E-state index contributed by atoms with van der Waals surface area (Å²) in [4.78, 5) is 12.3. The van der Waals surface area contributed by atoms with Crippen LogP contribution in [-0.2, 0) is 14.3 Å². The number of carbonyl (C=O) groups excluding carboxylic acids is 1. The molecule has 0 aliphatic heterocycles. The van der Waals surface area contributed by atoms with Crippen molar-refractivity contribution in [3.05, 3.63) is 70.6 Å². The van der Waals surface area contributed by atoms with Crippen molar-refractivity contribution in [3.63, 3.8) is 0 Å². The van der Waals surface area contributed by atoms with E-state index in [1.165, 1.54) is 5.57 Å². The first-order valence-electron chi connectivity index (χ1n) is 15.5. The fourth-order valence-electron chi connectivity index (χ4n) is 5.88. The van der Waals surface area contributed by atoms with E-state index in [1.54, 1.807) is 0 Å². The largest absolute Gasteiger partial charge is 0.493 e. The molecule has 0 heterocycles. The van der Waals surface area contributed by atoms with Crippen molar-refractivity contribution < 1.29 is 27.4 Å². The molecule has 2 fully saturated rings. The minimum absolute atomic E-state index is 0.0860. The minimum Gasteiger partial charge on any atom is -0.493 e. The molecular weight excluding hydrogens is 525 g/mol. The van der Waals surface area contributed by atoms with Crippen LogP contribution in [0.2, 0.25) is 0 Å². The minimum atomic E-state index is -4.10.